The molecule has 0 fully saturated rings. The lowest BCUT2D eigenvalue weighted by Crippen LogP contribution is -2.29. The zero-order chi connectivity index (χ0) is 20.5. The van der Waals surface area contributed by atoms with Crippen LogP contribution in [0, 0.1) is 5.82 Å². The van der Waals surface area contributed by atoms with E-state index in [1.807, 2.05) is 12.1 Å². The van der Waals surface area contributed by atoms with Gasteiger partial charge in [-0.25, -0.2) is 13.9 Å². The minimum Gasteiger partial charge on any atom is -0.463 e. The molecule has 8 heteroatoms. The number of benzene rings is 2. The second kappa shape index (κ2) is 7.67. The molecule has 6 nitrogen and oxygen atoms in total. The van der Waals surface area contributed by atoms with Crippen molar-refractivity contribution in [1.29, 1.82) is 0 Å². The van der Waals surface area contributed by atoms with Crippen LogP contribution < -0.4 is 5.32 Å². The number of aromatic nitrogens is 3. The zero-order valence-corrected chi connectivity index (χ0v) is 16.6. The molecule has 29 heavy (non-hydrogen) atoms. The summed E-state index contributed by atoms with van der Waals surface area (Å²) in [7, 11) is 0. The summed E-state index contributed by atoms with van der Waals surface area (Å²) in [6.07, 6.45) is 0. The molecule has 0 saturated carbocycles. The van der Waals surface area contributed by atoms with Gasteiger partial charge in [0.15, 0.2) is 5.82 Å². The van der Waals surface area contributed by atoms with Gasteiger partial charge in [-0.05, 0) is 55.8 Å². The summed E-state index contributed by atoms with van der Waals surface area (Å²) in [5.41, 5.74) is 2.28. The summed E-state index contributed by atoms with van der Waals surface area (Å²) in [6.45, 7) is 3.73. The van der Waals surface area contributed by atoms with Crippen LogP contribution in [0.2, 0.25) is 5.02 Å². The third-order valence-electron chi connectivity index (χ3n) is 4.61. The van der Waals surface area contributed by atoms with Gasteiger partial charge in [0, 0.05) is 16.3 Å². The van der Waals surface area contributed by atoms with Gasteiger partial charge in [-0.3, -0.25) is 0 Å². The first-order chi connectivity index (χ1) is 14.0. The first-order valence-corrected chi connectivity index (χ1v) is 9.48. The molecule has 0 radical (unpaired) electrons. The Hall–Kier alpha value is -3.19. The van der Waals surface area contributed by atoms with E-state index in [1.54, 1.807) is 42.8 Å². The molecule has 1 unspecified atom stereocenters. The van der Waals surface area contributed by atoms with Crippen LogP contribution in [0.5, 0.6) is 0 Å². The van der Waals surface area contributed by atoms with Gasteiger partial charge in [-0.2, -0.15) is 4.98 Å². The molecule has 1 aliphatic rings. The van der Waals surface area contributed by atoms with Crippen molar-refractivity contribution in [3.63, 3.8) is 0 Å². The van der Waals surface area contributed by atoms with Gasteiger partial charge in [0.2, 0.25) is 5.95 Å². The lowest BCUT2D eigenvalue weighted by atomic mass is 9.96. The monoisotopic (exact) mass is 412 g/mol. The number of carbonyl (C=O) groups excluding carboxylic acids is 1. The molecule has 2 aromatic carbocycles. The van der Waals surface area contributed by atoms with Gasteiger partial charge < -0.3 is 10.1 Å². The van der Waals surface area contributed by atoms with Crippen LogP contribution in [0.15, 0.2) is 59.8 Å². The normalized spacial score (nSPS) is 15.7. The zero-order valence-electron chi connectivity index (χ0n) is 15.8. The molecule has 0 saturated heterocycles. The molecule has 1 aliphatic heterocycles. The van der Waals surface area contributed by atoms with Crippen LogP contribution in [0.4, 0.5) is 10.3 Å². The van der Waals surface area contributed by atoms with Crippen molar-refractivity contribution in [3.05, 3.63) is 76.2 Å². The largest absolute Gasteiger partial charge is 0.463 e. The molecule has 4 rings (SSSR count). The smallest absolute Gasteiger partial charge is 0.338 e. The van der Waals surface area contributed by atoms with E-state index >= 15 is 0 Å². The van der Waals surface area contributed by atoms with Crippen molar-refractivity contribution < 1.29 is 13.9 Å². The number of nitrogens with zero attached hydrogens (tertiary/aromatic N) is 3. The van der Waals surface area contributed by atoms with E-state index in [1.165, 1.54) is 12.1 Å². The number of nitrogens with one attached hydrogen (secondary N) is 1. The highest BCUT2D eigenvalue weighted by molar-refractivity contribution is 6.30. The van der Waals surface area contributed by atoms with Crippen LogP contribution in [0.3, 0.4) is 0 Å². The van der Waals surface area contributed by atoms with Gasteiger partial charge in [0.05, 0.1) is 12.2 Å². The molecule has 0 amide bonds. The van der Waals surface area contributed by atoms with Crippen molar-refractivity contribution in [1.82, 2.24) is 14.8 Å². The lowest BCUT2D eigenvalue weighted by Gasteiger charge is -2.28. The predicted molar refractivity (Wildman–Crippen MR) is 108 cm³/mol. The van der Waals surface area contributed by atoms with E-state index in [-0.39, 0.29) is 6.61 Å². The quantitative estimate of drug-likeness (QED) is 0.635. The Balaban J connectivity index is 1.86. The fourth-order valence-corrected chi connectivity index (χ4v) is 3.46. The third-order valence-corrected chi connectivity index (χ3v) is 4.87. The Labute approximate surface area is 172 Å². The fraction of sp³-hybridized carbons (Fsp3) is 0.190. The number of anilines is 1. The molecular weight excluding hydrogens is 395 g/mol. The molecule has 0 spiro atoms. The van der Waals surface area contributed by atoms with Gasteiger partial charge >= 0.3 is 5.97 Å². The van der Waals surface area contributed by atoms with E-state index in [9.17, 15) is 9.18 Å². The topological polar surface area (TPSA) is 69.0 Å². The molecule has 1 aromatic heterocycles. The van der Waals surface area contributed by atoms with Crippen molar-refractivity contribution >= 4 is 23.5 Å². The number of fused-ring (bicyclic) bond motifs is 1. The average molecular weight is 413 g/mol. The molecular formula is C21H18ClFN4O2. The third kappa shape index (κ3) is 3.61. The lowest BCUT2D eigenvalue weighted by molar-refractivity contribution is -0.139. The molecule has 0 bridgehead atoms. The van der Waals surface area contributed by atoms with Gasteiger partial charge in [0.25, 0.3) is 0 Å². The summed E-state index contributed by atoms with van der Waals surface area (Å²) < 4.78 is 20.8. The molecule has 1 N–H and O–H groups in total. The van der Waals surface area contributed by atoms with Crippen molar-refractivity contribution in [3.8, 4) is 11.4 Å². The van der Waals surface area contributed by atoms with Gasteiger partial charge in [-0.1, -0.05) is 23.7 Å². The van der Waals surface area contributed by atoms with E-state index in [2.05, 4.69) is 15.4 Å². The van der Waals surface area contributed by atoms with Crippen LogP contribution in [0.1, 0.15) is 25.5 Å². The highest BCUT2D eigenvalue weighted by Gasteiger charge is 2.35. The molecule has 2 heterocycles. The van der Waals surface area contributed by atoms with Crippen LogP contribution >= 0.6 is 11.6 Å². The number of carbonyl (C=O) groups is 1. The SMILES string of the molecule is CCOC(=O)C1=C(C)Nc2nc(-c3ccc(Cl)cc3)nn2C1c1cccc(F)c1. The Morgan fingerprint density at radius 1 is 1.28 bits per heavy atom. The van der Waals surface area contributed by atoms with Crippen molar-refractivity contribution in [2.45, 2.75) is 19.9 Å². The van der Waals surface area contributed by atoms with Gasteiger partial charge in [-0.15, -0.1) is 5.10 Å². The average Bonchev–Trinajstić information content (AvgIpc) is 3.11. The molecule has 3 aromatic rings. The summed E-state index contributed by atoms with van der Waals surface area (Å²) in [4.78, 5) is 17.3. The van der Waals surface area contributed by atoms with Crippen molar-refractivity contribution in [2.75, 3.05) is 11.9 Å². The summed E-state index contributed by atoms with van der Waals surface area (Å²) in [6, 6.07) is 12.5. The predicted octanol–water partition coefficient (Wildman–Crippen LogP) is 4.59. The number of rotatable bonds is 4. The number of ether oxygens (including phenoxy) is 1. The highest BCUT2D eigenvalue weighted by Crippen LogP contribution is 2.37. The number of allylic oxidation sites excluding steroid dienone is 1. The maximum absolute atomic E-state index is 14.0. The molecule has 1 atom stereocenters. The van der Waals surface area contributed by atoms with Crippen LogP contribution in [-0.2, 0) is 9.53 Å². The van der Waals surface area contributed by atoms with Crippen LogP contribution in [0.25, 0.3) is 11.4 Å². The maximum atomic E-state index is 14.0. The number of hydrogen-bond acceptors (Lipinski definition) is 5. The van der Waals surface area contributed by atoms with Crippen LogP contribution in [-0.4, -0.2) is 27.3 Å². The van der Waals surface area contributed by atoms with E-state index < -0.39 is 17.8 Å². The Kier molecular flexibility index (Phi) is 5.07. The number of halogens is 2. The Bertz CT molecular complexity index is 1110. The second-order valence-corrected chi connectivity index (χ2v) is 6.99. The first kappa shape index (κ1) is 19.1. The Morgan fingerprint density at radius 3 is 2.72 bits per heavy atom. The summed E-state index contributed by atoms with van der Waals surface area (Å²) >= 11 is 5.97. The first-order valence-electron chi connectivity index (χ1n) is 9.10. The number of esters is 1. The maximum Gasteiger partial charge on any atom is 0.338 e. The highest BCUT2D eigenvalue weighted by atomic mass is 35.5. The Morgan fingerprint density at radius 2 is 2.03 bits per heavy atom. The van der Waals surface area contributed by atoms with Crippen molar-refractivity contribution in [2.24, 2.45) is 0 Å². The molecule has 148 valence electrons. The minimum atomic E-state index is -0.672. The second-order valence-electron chi connectivity index (χ2n) is 6.55. The fourth-order valence-electron chi connectivity index (χ4n) is 3.33. The van der Waals surface area contributed by atoms with E-state index in [4.69, 9.17) is 16.3 Å². The van der Waals surface area contributed by atoms with Gasteiger partial charge in [0.1, 0.15) is 11.9 Å². The minimum absolute atomic E-state index is 0.228. The standard InChI is InChI=1S/C21H18ClFN4O2/c1-3-29-20(28)17-12(2)24-21-25-19(13-7-9-15(22)10-8-13)26-27(21)18(17)14-5-4-6-16(23)11-14/h4-11,18H,3H2,1-2H3,(H,24,25,26). The number of hydrogen-bond donors (Lipinski definition) is 1. The van der Waals surface area contributed by atoms with E-state index in [0.717, 1.165) is 5.56 Å². The van der Waals surface area contributed by atoms with E-state index in [0.29, 0.717) is 33.6 Å². The summed E-state index contributed by atoms with van der Waals surface area (Å²) in [5, 5.41) is 8.32. The summed E-state index contributed by atoms with van der Waals surface area (Å²) in [5.74, 6) is 0.0284. The molecule has 0 aliphatic carbocycles.